The molecule has 0 unspecified atom stereocenters. The van der Waals surface area contributed by atoms with Crippen molar-refractivity contribution in [2.45, 2.75) is 13.0 Å². The number of amides is 2. The van der Waals surface area contributed by atoms with Gasteiger partial charge < -0.3 is 14.1 Å². The number of hydrogen-bond acceptors (Lipinski definition) is 4. The van der Waals surface area contributed by atoms with E-state index >= 15 is 0 Å². The highest BCUT2D eigenvalue weighted by molar-refractivity contribution is 6.09. The molecule has 1 atom stereocenters. The molecule has 1 aliphatic heterocycles. The molecule has 2 aromatic carbocycles. The van der Waals surface area contributed by atoms with Crippen molar-refractivity contribution in [3.8, 4) is 5.75 Å². The van der Waals surface area contributed by atoms with Crippen molar-refractivity contribution in [3.63, 3.8) is 0 Å². The lowest BCUT2D eigenvalue weighted by Gasteiger charge is -2.34. The third-order valence-electron chi connectivity index (χ3n) is 4.77. The van der Waals surface area contributed by atoms with Crippen LogP contribution in [0.4, 0.5) is 5.69 Å². The molecule has 0 fully saturated rings. The van der Waals surface area contributed by atoms with Gasteiger partial charge >= 0.3 is 0 Å². The number of nitrogens with zero attached hydrogens (tertiary/aromatic N) is 2. The third-order valence-corrected chi connectivity index (χ3v) is 4.77. The van der Waals surface area contributed by atoms with E-state index in [1.165, 1.54) is 4.90 Å². The van der Waals surface area contributed by atoms with Crippen molar-refractivity contribution in [1.82, 2.24) is 4.90 Å². The van der Waals surface area contributed by atoms with Crippen LogP contribution in [-0.4, -0.2) is 43.5 Å². The lowest BCUT2D eigenvalue weighted by molar-refractivity contribution is -0.135. The van der Waals surface area contributed by atoms with Gasteiger partial charge in [0.1, 0.15) is 11.3 Å². The molecule has 6 nitrogen and oxygen atoms in total. The van der Waals surface area contributed by atoms with Crippen LogP contribution in [0.15, 0.2) is 52.9 Å². The Morgan fingerprint density at radius 1 is 1.07 bits per heavy atom. The van der Waals surface area contributed by atoms with Gasteiger partial charge in [-0.2, -0.15) is 0 Å². The quantitative estimate of drug-likeness (QED) is 0.700. The maximum absolute atomic E-state index is 13.3. The zero-order chi connectivity index (χ0) is 19.1. The van der Waals surface area contributed by atoms with Gasteiger partial charge in [-0.15, -0.1) is 0 Å². The Kier molecular flexibility index (Phi) is 4.11. The largest absolute Gasteiger partial charge is 0.476 e. The van der Waals surface area contributed by atoms with E-state index in [9.17, 15) is 9.59 Å². The average Bonchev–Trinajstić information content (AvgIpc) is 3.02. The second-order valence-corrected chi connectivity index (χ2v) is 6.77. The summed E-state index contributed by atoms with van der Waals surface area (Å²) in [5, 5.41) is 0.906. The second-order valence-electron chi connectivity index (χ2n) is 6.77. The number of para-hydroxylation sites is 3. The molecule has 4 rings (SSSR count). The number of aryl methyl sites for hydroxylation is 1. The normalized spacial score (nSPS) is 16.0. The van der Waals surface area contributed by atoms with E-state index in [1.807, 2.05) is 49.4 Å². The number of carbonyl (C=O) groups is 2. The highest BCUT2D eigenvalue weighted by atomic mass is 16.5. The van der Waals surface area contributed by atoms with E-state index in [-0.39, 0.29) is 24.1 Å². The summed E-state index contributed by atoms with van der Waals surface area (Å²) >= 11 is 0. The fourth-order valence-corrected chi connectivity index (χ4v) is 3.34. The number of benzene rings is 2. The van der Waals surface area contributed by atoms with Gasteiger partial charge in [0.2, 0.25) is 0 Å². The lowest BCUT2D eigenvalue weighted by atomic mass is 10.1. The number of likely N-dealkylation sites (N-methyl/N-ethyl adjacent to an activating group) is 1. The van der Waals surface area contributed by atoms with Gasteiger partial charge in [-0.1, -0.05) is 30.3 Å². The van der Waals surface area contributed by atoms with Crippen LogP contribution in [-0.2, 0) is 4.79 Å². The van der Waals surface area contributed by atoms with Crippen LogP contribution in [0.1, 0.15) is 16.1 Å². The molecule has 2 amide bonds. The average molecular weight is 364 g/mol. The van der Waals surface area contributed by atoms with E-state index in [2.05, 4.69) is 0 Å². The lowest BCUT2D eigenvalue weighted by Crippen LogP contribution is -2.50. The van der Waals surface area contributed by atoms with Gasteiger partial charge in [0, 0.05) is 25.0 Å². The number of anilines is 1. The standard InChI is InChI=1S/C21H20N2O4/c1-13-14-8-4-6-10-16(14)27-19(13)21(25)23-12-18(20(24)22(2)3)26-17-11-7-5-9-15(17)23/h4-11,18H,12H2,1-3H3/t18-/m0/s1. The summed E-state index contributed by atoms with van der Waals surface area (Å²) in [7, 11) is 3.34. The minimum absolute atomic E-state index is 0.128. The van der Waals surface area contributed by atoms with Crippen molar-refractivity contribution in [2.75, 3.05) is 25.5 Å². The minimum atomic E-state index is -0.761. The molecule has 0 saturated carbocycles. The van der Waals surface area contributed by atoms with Crippen molar-refractivity contribution in [3.05, 3.63) is 59.9 Å². The third kappa shape index (κ3) is 2.83. The minimum Gasteiger partial charge on any atom is -0.476 e. The summed E-state index contributed by atoms with van der Waals surface area (Å²) in [5.41, 5.74) is 2.08. The maximum Gasteiger partial charge on any atom is 0.294 e. The summed E-state index contributed by atoms with van der Waals surface area (Å²) < 4.78 is 11.7. The Morgan fingerprint density at radius 3 is 2.52 bits per heavy atom. The molecule has 0 saturated heterocycles. The molecule has 0 spiro atoms. The molecule has 138 valence electrons. The molecular formula is C21H20N2O4. The second kappa shape index (κ2) is 6.46. The van der Waals surface area contributed by atoms with Crippen LogP contribution >= 0.6 is 0 Å². The molecule has 27 heavy (non-hydrogen) atoms. The maximum atomic E-state index is 13.3. The summed E-state index contributed by atoms with van der Waals surface area (Å²) in [6.07, 6.45) is -0.761. The summed E-state index contributed by atoms with van der Waals surface area (Å²) in [5.74, 6) is 0.314. The molecule has 1 aliphatic rings. The first-order valence-electron chi connectivity index (χ1n) is 8.74. The van der Waals surface area contributed by atoms with Crippen LogP contribution < -0.4 is 9.64 Å². The van der Waals surface area contributed by atoms with E-state index in [4.69, 9.17) is 9.15 Å². The number of carbonyl (C=O) groups excluding carboxylic acids is 2. The van der Waals surface area contributed by atoms with Crippen molar-refractivity contribution in [1.29, 1.82) is 0 Å². The Labute approximate surface area is 156 Å². The zero-order valence-corrected chi connectivity index (χ0v) is 15.4. The van der Waals surface area contributed by atoms with Crippen LogP contribution in [0.25, 0.3) is 11.0 Å². The van der Waals surface area contributed by atoms with Gasteiger partial charge in [-0.3, -0.25) is 14.5 Å². The van der Waals surface area contributed by atoms with Crippen LogP contribution in [0.3, 0.4) is 0 Å². The highest BCUT2D eigenvalue weighted by Gasteiger charge is 2.36. The Balaban J connectivity index is 1.77. The SMILES string of the molecule is Cc1c(C(=O)N2C[C@@H](C(=O)N(C)C)Oc3ccccc32)oc2ccccc12. The summed E-state index contributed by atoms with van der Waals surface area (Å²) in [4.78, 5) is 28.8. The van der Waals surface area contributed by atoms with E-state index in [1.54, 1.807) is 25.1 Å². The van der Waals surface area contributed by atoms with E-state index in [0.717, 1.165) is 10.9 Å². The fourth-order valence-electron chi connectivity index (χ4n) is 3.34. The smallest absolute Gasteiger partial charge is 0.294 e. The monoisotopic (exact) mass is 364 g/mol. The molecule has 3 aromatic rings. The molecule has 2 heterocycles. The van der Waals surface area contributed by atoms with E-state index < -0.39 is 6.10 Å². The Bertz CT molecular complexity index is 1040. The van der Waals surface area contributed by atoms with Crippen molar-refractivity contribution < 1.29 is 18.7 Å². The summed E-state index contributed by atoms with van der Waals surface area (Å²) in [6, 6.07) is 14.8. The molecule has 1 aromatic heterocycles. The first kappa shape index (κ1) is 17.1. The number of fused-ring (bicyclic) bond motifs is 2. The summed E-state index contributed by atoms with van der Waals surface area (Å²) in [6.45, 7) is 2.00. The fraction of sp³-hybridized carbons (Fsp3) is 0.238. The number of rotatable bonds is 2. The molecular weight excluding hydrogens is 344 g/mol. The highest BCUT2D eigenvalue weighted by Crippen LogP contribution is 2.36. The number of ether oxygens (including phenoxy) is 1. The van der Waals surface area contributed by atoms with Crippen molar-refractivity contribution >= 4 is 28.5 Å². The van der Waals surface area contributed by atoms with E-state index in [0.29, 0.717) is 17.0 Å². The zero-order valence-electron chi connectivity index (χ0n) is 15.4. The van der Waals surface area contributed by atoms with Gasteiger partial charge in [0.15, 0.2) is 11.9 Å². The number of hydrogen-bond donors (Lipinski definition) is 0. The van der Waals surface area contributed by atoms with Crippen molar-refractivity contribution in [2.24, 2.45) is 0 Å². The van der Waals surface area contributed by atoms with Gasteiger partial charge in [-0.05, 0) is 25.1 Å². The number of furan rings is 1. The predicted octanol–water partition coefficient (Wildman–Crippen LogP) is 3.24. The molecule has 0 bridgehead atoms. The van der Waals surface area contributed by atoms with Crippen LogP contribution in [0.2, 0.25) is 0 Å². The van der Waals surface area contributed by atoms with Crippen LogP contribution in [0, 0.1) is 6.92 Å². The first-order chi connectivity index (χ1) is 13.0. The Morgan fingerprint density at radius 2 is 1.78 bits per heavy atom. The molecule has 6 heteroatoms. The van der Waals surface area contributed by atoms with Gasteiger partial charge in [-0.25, -0.2) is 0 Å². The molecule has 0 aliphatic carbocycles. The Hall–Kier alpha value is -3.28. The van der Waals surface area contributed by atoms with Gasteiger partial charge in [0.25, 0.3) is 11.8 Å². The predicted molar refractivity (Wildman–Crippen MR) is 102 cm³/mol. The molecule has 0 N–H and O–H groups in total. The van der Waals surface area contributed by atoms with Crippen LogP contribution in [0.5, 0.6) is 5.75 Å². The van der Waals surface area contributed by atoms with Gasteiger partial charge in [0.05, 0.1) is 12.2 Å². The molecule has 0 radical (unpaired) electrons. The topological polar surface area (TPSA) is 63.0 Å². The first-order valence-corrected chi connectivity index (χ1v) is 8.74.